The Morgan fingerprint density at radius 1 is 1.21 bits per heavy atom. The molecule has 0 fully saturated rings. The first-order valence-electron chi connectivity index (χ1n) is 8.72. The first-order valence-corrected chi connectivity index (χ1v) is 9.47. The highest BCUT2D eigenvalue weighted by Crippen LogP contribution is 2.27. The number of rotatable bonds is 8. The summed E-state index contributed by atoms with van der Waals surface area (Å²) in [7, 11) is 0. The molecule has 2 aromatic carbocycles. The van der Waals surface area contributed by atoms with Gasteiger partial charge >= 0.3 is 0 Å². The van der Waals surface area contributed by atoms with Crippen molar-refractivity contribution in [2.75, 3.05) is 13.2 Å². The highest BCUT2D eigenvalue weighted by Gasteiger charge is 2.27. The minimum absolute atomic E-state index is 0.0679. The molecule has 0 aromatic heterocycles. The predicted octanol–water partition coefficient (Wildman–Crippen LogP) is 4.06. The van der Waals surface area contributed by atoms with Gasteiger partial charge < -0.3 is 15.0 Å². The molecule has 28 heavy (non-hydrogen) atoms. The molecule has 0 aliphatic heterocycles. The molecular weight excluding hydrogens is 406 g/mol. The second-order valence-corrected chi connectivity index (χ2v) is 6.89. The van der Waals surface area contributed by atoms with Gasteiger partial charge in [0.1, 0.15) is 17.6 Å². The Hall–Kier alpha value is -2.31. The number of carbonyl (C=O) groups excluding carboxylic acids is 2. The average molecular weight is 427 g/mol. The van der Waals surface area contributed by atoms with Gasteiger partial charge in [0.05, 0.1) is 5.02 Å². The molecule has 2 aromatic rings. The summed E-state index contributed by atoms with van der Waals surface area (Å²) >= 11 is 11.9. The number of hydrogen-bond acceptors (Lipinski definition) is 3. The van der Waals surface area contributed by atoms with E-state index in [4.69, 9.17) is 27.9 Å². The topological polar surface area (TPSA) is 58.6 Å². The molecule has 8 heteroatoms. The van der Waals surface area contributed by atoms with E-state index in [0.29, 0.717) is 17.1 Å². The normalized spacial score (nSPS) is 11.6. The van der Waals surface area contributed by atoms with Crippen molar-refractivity contribution in [1.82, 2.24) is 10.2 Å². The van der Waals surface area contributed by atoms with Gasteiger partial charge in [-0.25, -0.2) is 4.39 Å². The Kier molecular flexibility index (Phi) is 8.08. The molecule has 1 N–H and O–H groups in total. The van der Waals surface area contributed by atoms with Crippen LogP contribution in [0, 0.1) is 5.82 Å². The molecule has 0 aliphatic carbocycles. The minimum Gasteiger partial charge on any atom is -0.482 e. The smallest absolute Gasteiger partial charge is 0.261 e. The van der Waals surface area contributed by atoms with Gasteiger partial charge in [-0.1, -0.05) is 41.4 Å². The van der Waals surface area contributed by atoms with Crippen LogP contribution in [0.25, 0.3) is 0 Å². The van der Waals surface area contributed by atoms with Crippen LogP contribution < -0.4 is 10.1 Å². The van der Waals surface area contributed by atoms with Gasteiger partial charge in [-0.05, 0) is 38.1 Å². The molecule has 150 valence electrons. The lowest BCUT2D eigenvalue weighted by Gasteiger charge is -2.28. The highest BCUT2D eigenvalue weighted by atomic mass is 35.5. The van der Waals surface area contributed by atoms with E-state index in [9.17, 15) is 14.0 Å². The van der Waals surface area contributed by atoms with Crippen molar-refractivity contribution in [2.24, 2.45) is 0 Å². The summed E-state index contributed by atoms with van der Waals surface area (Å²) in [5.74, 6) is -0.981. The summed E-state index contributed by atoms with van der Waals surface area (Å²) in [5, 5.41) is 3.37. The van der Waals surface area contributed by atoms with Crippen LogP contribution in [0.5, 0.6) is 5.75 Å². The van der Waals surface area contributed by atoms with E-state index in [-0.39, 0.29) is 29.8 Å². The Bertz CT molecular complexity index is 848. The summed E-state index contributed by atoms with van der Waals surface area (Å²) in [6, 6.07) is 9.92. The summed E-state index contributed by atoms with van der Waals surface area (Å²) in [6.07, 6.45) is 0. The van der Waals surface area contributed by atoms with E-state index >= 15 is 0 Å². The zero-order valence-electron chi connectivity index (χ0n) is 15.5. The third-order valence-corrected chi connectivity index (χ3v) is 4.59. The lowest BCUT2D eigenvalue weighted by atomic mass is 10.1. The van der Waals surface area contributed by atoms with E-state index in [1.54, 1.807) is 44.2 Å². The van der Waals surface area contributed by atoms with Crippen LogP contribution in [0.2, 0.25) is 10.0 Å². The molecular formula is C20H21Cl2FN2O3. The highest BCUT2D eigenvalue weighted by molar-refractivity contribution is 6.35. The van der Waals surface area contributed by atoms with Gasteiger partial charge in [-0.2, -0.15) is 0 Å². The lowest BCUT2D eigenvalue weighted by molar-refractivity contribution is -0.142. The van der Waals surface area contributed by atoms with Gasteiger partial charge in [0, 0.05) is 23.7 Å². The number of benzene rings is 2. The second-order valence-electron chi connectivity index (χ2n) is 6.05. The Balaban J connectivity index is 2.18. The Morgan fingerprint density at radius 3 is 2.57 bits per heavy atom. The largest absolute Gasteiger partial charge is 0.482 e. The molecule has 0 spiro atoms. The lowest BCUT2D eigenvalue weighted by Crippen LogP contribution is -2.49. The fraction of sp³-hybridized carbons (Fsp3) is 0.300. The number of carbonyl (C=O) groups is 2. The molecule has 2 rings (SSSR count). The standard InChI is InChI=1S/C20H21Cl2FN2O3/c1-3-24-20(27)13(2)25(11-14-6-4-5-7-17(14)23)19(26)12-28-18-9-8-15(21)10-16(18)22/h4-10,13H,3,11-12H2,1-2H3,(H,24,27)/t13-/m1/s1. The SMILES string of the molecule is CCNC(=O)[C@@H](C)N(Cc1ccccc1F)C(=O)COc1ccc(Cl)cc1Cl. The minimum atomic E-state index is -0.809. The van der Waals surface area contributed by atoms with E-state index in [0.717, 1.165) is 0 Å². The average Bonchev–Trinajstić information content (AvgIpc) is 2.66. The van der Waals surface area contributed by atoms with Crippen LogP contribution in [0.1, 0.15) is 19.4 Å². The number of ether oxygens (including phenoxy) is 1. The molecule has 0 radical (unpaired) electrons. The fourth-order valence-corrected chi connectivity index (χ4v) is 2.99. The van der Waals surface area contributed by atoms with E-state index < -0.39 is 17.8 Å². The van der Waals surface area contributed by atoms with Gasteiger partial charge in [0.25, 0.3) is 5.91 Å². The molecule has 2 amide bonds. The van der Waals surface area contributed by atoms with Gasteiger partial charge in [0.2, 0.25) is 5.91 Å². The second kappa shape index (κ2) is 10.3. The fourth-order valence-electron chi connectivity index (χ4n) is 2.53. The van der Waals surface area contributed by atoms with Crippen molar-refractivity contribution in [1.29, 1.82) is 0 Å². The summed E-state index contributed by atoms with van der Waals surface area (Å²) < 4.78 is 19.6. The monoisotopic (exact) mass is 426 g/mol. The number of hydrogen-bond donors (Lipinski definition) is 1. The summed E-state index contributed by atoms with van der Waals surface area (Å²) in [4.78, 5) is 26.3. The summed E-state index contributed by atoms with van der Waals surface area (Å²) in [5.41, 5.74) is 0.302. The molecule has 0 saturated carbocycles. The van der Waals surface area contributed by atoms with Crippen molar-refractivity contribution in [3.05, 3.63) is 63.9 Å². The van der Waals surface area contributed by atoms with Crippen LogP contribution in [-0.2, 0) is 16.1 Å². The van der Waals surface area contributed by atoms with Crippen LogP contribution in [0.4, 0.5) is 4.39 Å². The van der Waals surface area contributed by atoms with Crippen molar-refractivity contribution in [3.63, 3.8) is 0 Å². The van der Waals surface area contributed by atoms with Crippen molar-refractivity contribution < 1.29 is 18.7 Å². The number of halogens is 3. The quantitative estimate of drug-likeness (QED) is 0.691. The summed E-state index contributed by atoms with van der Waals surface area (Å²) in [6.45, 7) is 3.35. The van der Waals surface area contributed by atoms with Crippen molar-refractivity contribution in [3.8, 4) is 5.75 Å². The third-order valence-electron chi connectivity index (χ3n) is 4.06. The Morgan fingerprint density at radius 2 is 1.93 bits per heavy atom. The molecule has 5 nitrogen and oxygen atoms in total. The zero-order valence-corrected chi connectivity index (χ0v) is 17.1. The number of amides is 2. The maximum Gasteiger partial charge on any atom is 0.261 e. The van der Waals surface area contributed by atoms with Crippen molar-refractivity contribution in [2.45, 2.75) is 26.4 Å². The number of nitrogens with one attached hydrogen (secondary N) is 1. The number of likely N-dealkylation sites (N-methyl/N-ethyl adjacent to an activating group) is 1. The van der Waals surface area contributed by atoms with Crippen molar-refractivity contribution >= 4 is 35.0 Å². The van der Waals surface area contributed by atoms with Gasteiger partial charge in [-0.15, -0.1) is 0 Å². The maximum absolute atomic E-state index is 14.1. The Labute approximate surface area is 173 Å². The molecule has 0 saturated heterocycles. The van der Waals surface area contributed by atoms with Crippen LogP contribution in [0.3, 0.4) is 0 Å². The first-order chi connectivity index (χ1) is 13.3. The predicted molar refractivity (Wildman–Crippen MR) is 107 cm³/mol. The zero-order chi connectivity index (χ0) is 20.7. The number of nitrogens with zero attached hydrogens (tertiary/aromatic N) is 1. The van der Waals surface area contributed by atoms with E-state index in [1.165, 1.54) is 17.0 Å². The van der Waals surface area contributed by atoms with Crippen LogP contribution in [-0.4, -0.2) is 35.9 Å². The third kappa shape index (κ3) is 5.84. The van der Waals surface area contributed by atoms with Crippen LogP contribution >= 0.6 is 23.2 Å². The molecule has 0 aliphatic rings. The van der Waals surface area contributed by atoms with Crippen LogP contribution in [0.15, 0.2) is 42.5 Å². The first kappa shape index (κ1) is 22.0. The van der Waals surface area contributed by atoms with Gasteiger partial charge in [0.15, 0.2) is 6.61 Å². The molecule has 0 bridgehead atoms. The molecule has 1 atom stereocenters. The molecule has 0 heterocycles. The van der Waals surface area contributed by atoms with E-state index in [2.05, 4.69) is 5.32 Å². The van der Waals surface area contributed by atoms with Gasteiger partial charge in [-0.3, -0.25) is 9.59 Å². The van der Waals surface area contributed by atoms with E-state index in [1.807, 2.05) is 0 Å². The maximum atomic E-state index is 14.1. The molecule has 0 unspecified atom stereocenters.